The largest absolute Gasteiger partial charge is 0.453 e. The number of aromatic nitrogens is 2. The van der Waals surface area contributed by atoms with Crippen LogP contribution in [0.2, 0.25) is 0 Å². The molecule has 1 unspecified atom stereocenters. The molecule has 3 rings (SSSR count). The van der Waals surface area contributed by atoms with Crippen molar-refractivity contribution in [2.45, 2.75) is 70.9 Å². The Morgan fingerprint density at radius 2 is 1.89 bits per heavy atom. The first-order valence-electron chi connectivity index (χ1n) is 9.90. The van der Waals surface area contributed by atoms with Crippen LogP contribution in [-0.2, 0) is 20.7 Å². The number of ether oxygens (including phenoxy) is 1. The van der Waals surface area contributed by atoms with E-state index in [9.17, 15) is 9.59 Å². The maximum atomic E-state index is 12.2. The van der Waals surface area contributed by atoms with Crippen LogP contribution in [0.25, 0.3) is 11.5 Å². The second kappa shape index (κ2) is 9.48. The summed E-state index contributed by atoms with van der Waals surface area (Å²) in [5.41, 5.74) is 1.98. The van der Waals surface area contributed by atoms with Crippen molar-refractivity contribution in [2.24, 2.45) is 0 Å². The highest BCUT2D eigenvalue weighted by molar-refractivity contribution is 5.83. The number of hydrogen-bond acceptors (Lipinski definition) is 6. The van der Waals surface area contributed by atoms with Gasteiger partial charge >= 0.3 is 5.97 Å². The van der Waals surface area contributed by atoms with Crippen molar-refractivity contribution < 1.29 is 18.7 Å². The molecule has 0 spiro atoms. The number of hydrogen-bond donors (Lipinski definition) is 1. The summed E-state index contributed by atoms with van der Waals surface area (Å²) in [5, 5.41) is 11.0. The highest BCUT2D eigenvalue weighted by Gasteiger charge is 2.22. The number of rotatable bonds is 7. The van der Waals surface area contributed by atoms with Gasteiger partial charge in [-0.15, -0.1) is 10.2 Å². The third-order valence-electron chi connectivity index (χ3n) is 4.94. The molecule has 0 aliphatic heterocycles. The number of nitrogens with one attached hydrogen (secondary N) is 1. The molecule has 1 amide bonds. The van der Waals surface area contributed by atoms with Crippen molar-refractivity contribution in [1.29, 1.82) is 0 Å². The maximum Gasteiger partial charge on any atom is 0.307 e. The van der Waals surface area contributed by atoms with Crippen molar-refractivity contribution in [3.8, 4) is 11.5 Å². The van der Waals surface area contributed by atoms with E-state index in [4.69, 9.17) is 9.15 Å². The number of aryl methyl sites for hydroxylation is 2. The van der Waals surface area contributed by atoms with Gasteiger partial charge in [-0.3, -0.25) is 9.59 Å². The fourth-order valence-corrected chi connectivity index (χ4v) is 3.25. The standard InChI is InChI=1S/C21H27N3O4/c1-14-8-10-16(11-9-14)21-24-23-18(28-21)12-13-19(25)27-15(2)20(26)22-17-6-4-3-5-7-17/h8-11,15,17H,3-7,12-13H2,1-2H3,(H,22,26). The zero-order chi connectivity index (χ0) is 19.9. The SMILES string of the molecule is Cc1ccc(-c2nnc(CCC(=O)OC(C)C(=O)NC3CCCCC3)o2)cc1. The van der Waals surface area contributed by atoms with Gasteiger partial charge in [-0.2, -0.15) is 0 Å². The van der Waals surface area contributed by atoms with Gasteiger partial charge in [-0.05, 0) is 38.8 Å². The topological polar surface area (TPSA) is 94.3 Å². The molecule has 150 valence electrons. The molecule has 1 atom stereocenters. The van der Waals surface area contributed by atoms with Crippen molar-refractivity contribution in [1.82, 2.24) is 15.5 Å². The molecular weight excluding hydrogens is 358 g/mol. The van der Waals surface area contributed by atoms with Gasteiger partial charge in [0.1, 0.15) is 0 Å². The molecule has 28 heavy (non-hydrogen) atoms. The maximum absolute atomic E-state index is 12.2. The fraction of sp³-hybridized carbons (Fsp3) is 0.524. The van der Waals surface area contributed by atoms with Gasteiger partial charge in [-0.25, -0.2) is 0 Å². The van der Waals surface area contributed by atoms with Gasteiger partial charge in [0.2, 0.25) is 11.8 Å². The van der Waals surface area contributed by atoms with Crippen LogP contribution in [0.3, 0.4) is 0 Å². The van der Waals surface area contributed by atoms with E-state index in [-0.39, 0.29) is 24.8 Å². The minimum Gasteiger partial charge on any atom is -0.453 e. The Balaban J connectivity index is 1.43. The van der Waals surface area contributed by atoms with Gasteiger partial charge in [-0.1, -0.05) is 37.0 Å². The van der Waals surface area contributed by atoms with E-state index in [1.165, 1.54) is 6.42 Å². The molecule has 1 aliphatic carbocycles. The van der Waals surface area contributed by atoms with Gasteiger partial charge < -0.3 is 14.5 Å². The van der Waals surface area contributed by atoms with Crippen molar-refractivity contribution in [3.05, 3.63) is 35.7 Å². The molecular formula is C21H27N3O4. The molecule has 7 nitrogen and oxygen atoms in total. The summed E-state index contributed by atoms with van der Waals surface area (Å²) in [5.74, 6) is 0.0940. The Kier molecular flexibility index (Phi) is 6.79. The third kappa shape index (κ3) is 5.65. The summed E-state index contributed by atoms with van der Waals surface area (Å²) in [6, 6.07) is 7.95. The Bertz CT molecular complexity index is 794. The number of benzene rings is 1. The highest BCUT2D eigenvalue weighted by Crippen LogP contribution is 2.19. The zero-order valence-corrected chi connectivity index (χ0v) is 16.4. The first-order valence-corrected chi connectivity index (χ1v) is 9.90. The molecule has 0 bridgehead atoms. The molecule has 1 fully saturated rings. The molecule has 2 aromatic rings. The summed E-state index contributed by atoms with van der Waals surface area (Å²) in [6.07, 6.45) is 5.02. The summed E-state index contributed by atoms with van der Waals surface area (Å²) in [4.78, 5) is 24.2. The minimum atomic E-state index is -0.805. The summed E-state index contributed by atoms with van der Waals surface area (Å²) in [7, 11) is 0. The smallest absolute Gasteiger partial charge is 0.307 e. The molecule has 1 heterocycles. The van der Waals surface area contributed by atoms with E-state index in [1.807, 2.05) is 31.2 Å². The van der Waals surface area contributed by atoms with E-state index in [1.54, 1.807) is 6.92 Å². The Morgan fingerprint density at radius 3 is 2.61 bits per heavy atom. The molecule has 0 radical (unpaired) electrons. The first-order chi connectivity index (χ1) is 13.5. The molecule has 1 aromatic heterocycles. The van der Waals surface area contributed by atoms with Crippen molar-refractivity contribution >= 4 is 11.9 Å². The lowest BCUT2D eigenvalue weighted by atomic mass is 9.95. The van der Waals surface area contributed by atoms with E-state index in [2.05, 4.69) is 15.5 Å². The van der Waals surface area contributed by atoms with E-state index in [0.717, 1.165) is 36.8 Å². The lowest BCUT2D eigenvalue weighted by Gasteiger charge is -2.24. The van der Waals surface area contributed by atoms with Gasteiger partial charge in [0.15, 0.2) is 6.10 Å². The first kappa shape index (κ1) is 20.0. The quantitative estimate of drug-likeness (QED) is 0.735. The van der Waals surface area contributed by atoms with Crippen molar-refractivity contribution in [2.75, 3.05) is 0 Å². The van der Waals surface area contributed by atoms with E-state index >= 15 is 0 Å². The Hall–Kier alpha value is -2.70. The van der Waals surface area contributed by atoms with Crippen LogP contribution in [0, 0.1) is 6.92 Å². The zero-order valence-electron chi connectivity index (χ0n) is 16.4. The van der Waals surface area contributed by atoms with E-state index in [0.29, 0.717) is 11.8 Å². The van der Waals surface area contributed by atoms with Crippen LogP contribution in [0.1, 0.15) is 56.9 Å². The van der Waals surface area contributed by atoms with Crippen LogP contribution in [0.5, 0.6) is 0 Å². The lowest BCUT2D eigenvalue weighted by molar-refractivity contribution is -0.155. The Morgan fingerprint density at radius 1 is 1.18 bits per heavy atom. The third-order valence-corrected chi connectivity index (χ3v) is 4.94. The molecule has 1 aromatic carbocycles. The van der Waals surface area contributed by atoms with Crippen LogP contribution in [0.4, 0.5) is 0 Å². The number of amides is 1. The number of esters is 1. The summed E-state index contributed by atoms with van der Waals surface area (Å²) < 4.78 is 10.8. The van der Waals surface area contributed by atoms with Crippen LogP contribution in [-0.4, -0.2) is 34.2 Å². The monoisotopic (exact) mass is 385 g/mol. The number of carbonyl (C=O) groups is 2. The second-order valence-corrected chi connectivity index (χ2v) is 7.34. The van der Waals surface area contributed by atoms with Crippen LogP contribution >= 0.6 is 0 Å². The predicted molar refractivity (Wildman–Crippen MR) is 103 cm³/mol. The fourth-order valence-electron chi connectivity index (χ4n) is 3.25. The number of nitrogens with zero attached hydrogens (tertiary/aromatic N) is 2. The molecule has 7 heteroatoms. The molecule has 1 aliphatic rings. The van der Waals surface area contributed by atoms with Crippen LogP contribution < -0.4 is 5.32 Å². The number of carbonyl (C=O) groups excluding carboxylic acids is 2. The molecule has 0 saturated heterocycles. The summed E-state index contributed by atoms with van der Waals surface area (Å²) >= 11 is 0. The average Bonchev–Trinajstić information content (AvgIpc) is 3.17. The second-order valence-electron chi connectivity index (χ2n) is 7.34. The van der Waals surface area contributed by atoms with Crippen molar-refractivity contribution in [3.63, 3.8) is 0 Å². The normalized spacial score (nSPS) is 15.8. The van der Waals surface area contributed by atoms with Gasteiger partial charge in [0.25, 0.3) is 5.91 Å². The van der Waals surface area contributed by atoms with E-state index < -0.39 is 12.1 Å². The predicted octanol–water partition coefficient (Wildman–Crippen LogP) is 3.36. The average molecular weight is 385 g/mol. The Labute approximate surface area is 164 Å². The van der Waals surface area contributed by atoms with Gasteiger partial charge in [0, 0.05) is 18.0 Å². The lowest BCUT2D eigenvalue weighted by Crippen LogP contribution is -2.42. The van der Waals surface area contributed by atoms with Crippen LogP contribution in [0.15, 0.2) is 28.7 Å². The van der Waals surface area contributed by atoms with Gasteiger partial charge in [0.05, 0.1) is 6.42 Å². The summed E-state index contributed by atoms with van der Waals surface area (Å²) in [6.45, 7) is 3.60. The highest BCUT2D eigenvalue weighted by atomic mass is 16.5. The molecule has 1 saturated carbocycles. The molecule has 1 N–H and O–H groups in total. The minimum absolute atomic E-state index is 0.0799.